The molecule has 1 rings (SSSR count). The standard InChI is InChI=1S/C13H20N2O.ClH/c1-10(2)8-12(15-13(16)9-14)11-6-4-3-5-7-11;/h3-7,10,12H,8-9,14H2,1-2H3,(H,15,16);1H. The van der Waals surface area contributed by atoms with Crippen LogP contribution in [0.15, 0.2) is 30.3 Å². The van der Waals surface area contributed by atoms with Gasteiger partial charge in [0, 0.05) is 0 Å². The summed E-state index contributed by atoms with van der Waals surface area (Å²) in [6.45, 7) is 4.33. The van der Waals surface area contributed by atoms with Gasteiger partial charge in [-0.1, -0.05) is 44.2 Å². The molecule has 3 N–H and O–H groups in total. The Morgan fingerprint density at radius 2 is 1.88 bits per heavy atom. The number of halogens is 1. The summed E-state index contributed by atoms with van der Waals surface area (Å²) in [5, 5.41) is 2.95. The molecule has 1 atom stereocenters. The van der Waals surface area contributed by atoms with Crippen molar-refractivity contribution in [3.63, 3.8) is 0 Å². The lowest BCUT2D eigenvalue weighted by Crippen LogP contribution is -2.34. The van der Waals surface area contributed by atoms with Gasteiger partial charge in [-0.15, -0.1) is 12.4 Å². The number of carbonyl (C=O) groups excluding carboxylic acids is 1. The van der Waals surface area contributed by atoms with Crippen LogP contribution in [0.5, 0.6) is 0 Å². The number of benzene rings is 1. The van der Waals surface area contributed by atoms with Crippen LogP contribution in [0.2, 0.25) is 0 Å². The Morgan fingerprint density at radius 3 is 2.35 bits per heavy atom. The third kappa shape index (κ3) is 5.71. The van der Waals surface area contributed by atoms with Crippen molar-refractivity contribution in [3.05, 3.63) is 35.9 Å². The molecule has 96 valence electrons. The molecule has 0 aliphatic heterocycles. The average Bonchev–Trinajstić information content (AvgIpc) is 2.28. The minimum atomic E-state index is -0.102. The Morgan fingerprint density at radius 1 is 1.29 bits per heavy atom. The smallest absolute Gasteiger partial charge is 0.234 e. The van der Waals surface area contributed by atoms with E-state index in [-0.39, 0.29) is 30.9 Å². The van der Waals surface area contributed by atoms with E-state index in [1.807, 2.05) is 30.3 Å². The van der Waals surface area contributed by atoms with Crippen molar-refractivity contribution in [3.8, 4) is 0 Å². The summed E-state index contributed by atoms with van der Waals surface area (Å²) in [5.74, 6) is 0.429. The maximum Gasteiger partial charge on any atom is 0.234 e. The van der Waals surface area contributed by atoms with E-state index in [0.29, 0.717) is 5.92 Å². The van der Waals surface area contributed by atoms with Crippen LogP contribution in [0, 0.1) is 5.92 Å². The maximum absolute atomic E-state index is 11.3. The van der Waals surface area contributed by atoms with Crippen molar-refractivity contribution in [2.45, 2.75) is 26.3 Å². The van der Waals surface area contributed by atoms with E-state index in [1.165, 1.54) is 0 Å². The fourth-order valence-electron chi connectivity index (χ4n) is 1.69. The summed E-state index contributed by atoms with van der Waals surface area (Å²) in [6, 6.07) is 10.1. The zero-order valence-corrected chi connectivity index (χ0v) is 11.2. The molecule has 0 aliphatic rings. The van der Waals surface area contributed by atoms with E-state index in [0.717, 1.165) is 12.0 Å². The highest BCUT2D eigenvalue weighted by Crippen LogP contribution is 2.20. The number of amides is 1. The highest BCUT2D eigenvalue weighted by Gasteiger charge is 2.14. The first-order valence-corrected chi connectivity index (χ1v) is 5.68. The molecule has 1 unspecified atom stereocenters. The lowest BCUT2D eigenvalue weighted by molar-refractivity contribution is -0.120. The molecule has 0 aliphatic carbocycles. The van der Waals surface area contributed by atoms with Crippen LogP contribution in [-0.4, -0.2) is 12.5 Å². The van der Waals surface area contributed by atoms with Crippen LogP contribution >= 0.6 is 12.4 Å². The van der Waals surface area contributed by atoms with E-state index in [1.54, 1.807) is 0 Å². The van der Waals surface area contributed by atoms with Crippen LogP contribution in [-0.2, 0) is 4.79 Å². The molecular formula is C13H21ClN2O. The van der Waals surface area contributed by atoms with Crippen LogP contribution in [0.25, 0.3) is 0 Å². The molecular weight excluding hydrogens is 236 g/mol. The summed E-state index contributed by atoms with van der Waals surface area (Å²) in [4.78, 5) is 11.3. The fourth-order valence-corrected chi connectivity index (χ4v) is 1.69. The molecule has 0 saturated heterocycles. The minimum Gasteiger partial charge on any atom is -0.348 e. The molecule has 0 bridgehead atoms. The van der Waals surface area contributed by atoms with Crippen molar-refractivity contribution >= 4 is 18.3 Å². The van der Waals surface area contributed by atoms with Gasteiger partial charge in [-0.05, 0) is 17.9 Å². The molecule has 0 aromatic heterocycles. The first kappa shape index (κ1) is 15.9. The number of rotatable bonds is 5. The predicted octanol–water partition coefficient (Wildman–Crippen LogP) is 2.27. The molecule has 17 heavy (non-hydrogen) atoms. The molecule has 3 nitrogen and oxygen atoms in total. The summed E-state index contributed by atoms with van der Waals surface area (Å²) in [7, 11) is 0. The summed E-state index contributed by atoms with van der Waals surface area (Å²) in [6.07, 6.45) is 0.926. The highest BCUT2D eigenvalue weighted by atomic mass is 35.5. The first-order chi connectivity index (χ1) is 7.63. The van der Waals surface area contributed by atoms with Crippen LogP contribution in [0.1, 0.15) is 31.9 Å². The van der Waals surface area contributed by atoms with Gasteiger partial charge in [0.2, 0.25) is 5.91 Å². The van der Waals surface area contributed by atoms with E-state index in [2.05, 4.69) is 19.2 Å². The zero-order chi connectivity index (χ0) is 12.0. The Hall–Kier alpha value is -1.06. The van der Waals surface area contributed by atoms with Gasteiger partial charge in [-0.25, -0.2) is 0 Å². The first-order valence-electron chi connectivity index (χ1n) is 5.68. The maximum atomic E-state index is 11.3. The van der Waals surface area contributed by atoms with Crippen molar-refractivity contribution < 1.29 is 4.79 Å². The molecule has 1 amide bonds. The van der Waals surface area contributed by atoms with Crippen molar-refractivity contribution in [2.75, 3.05) is 6.54 Å². The number of hydrogen-bond donors (Lipinski definition) is 2. The van der Waals surface area contributed by atoms with Gasteiger partial charge in [-0.2, -0.15) is 0 Å². The van der Waals surface area contributed by atoms with Crippen LogP contribution < -0.4 is 11.1 Å². The van der Waals surface area contributed by atoms with Crippen molar-refractivity contribution in [2.24, 2.45) is 11.7 Å². The predicted molar refractivity (Wildman–Crippen MR) is 73.1 cm³/mol. The van der Waals surface area contributed by atoms with Crippen LogP contribution in [0.3, 0.4) is 0 Å². The summed E-state index contributed by atoms with van der Waals surface area (Å²) >= 11 is 0. The minimum absolute atomic E-state index is 0. The normalized spacial score (nSPS) is 11.8. The highest BCUT2D eigenvalue weighted by molar-refractivity contribution is 5.85. The third-order valence-electron chi connectivity index (χ3n) is 2.43. The Balaban J connectivity index is 0.00000256. The molecule has 4 heteroatoms. The average molecular weight is 257 g/mol. The van der Waals surface area contributed by atoms with E-state index in [9.17, 15) is 4.79 Å². The van der Waals surface area contributed by atoms with Gasteiger partial charge < -0.3 is 11.1 Å². The summed E-state index contributed by atoms with van der Waals surface area (Å²) in [5.41, 5.74) is 6.45. The second-order valence-electron chi connectivity index (χ2n) is 4.36. The van der Waals surface area contributed by atoms with Gasteiger partial charge in [0.05, 0.1) is 12.6 Å². The van der Waals surface area contributed by atoms with Gasteiger partial charge >= 0.3 is 0 Å². The Bertz CT molecular complexity index is 327. The molecule has 0 saturated carbocycles. The lowest BCUT2D eigenvalue weighted by Gasteiger charge is -2.20. The van der Waals surface area contributed by atoms with Crippen LogP contribution in [0.4, 0.5) is 0 Å². The van der Waals surface area contributed by atoms with Gasteiger partial charge in [0.15, 0.2) is 0 Å². The molecule has 0 fully saturated rings. The number of carbonyl (C=O) groups is 1. The van der Waals surface area contributed by atoms with E-state index >= 15 is 0 Å². The Labute approximate surface area is 109 Å². The topological polar surface area (TPSA) is 55.1 Å². The second kappa shape index (κ2) is 8.09. The van der Waals surface area contributed by atoms with Crippen molar-refractivity contribution in [1.29, 1.82) is 0 Å². The molecule has 1 aromatic rings. The molecule has 0 heterocycles. The molecule has 0 spiro atoms. The van der Waals surface area contributed by atoms with Gasteiger partial charge in [0.25, 0.3) is 0 Å². The number of nitrogens with two attached hydrogens (primary N) is 1. The molecule has 0 radical (unpaired) electrons. The van der Waals surface area contributed by atoms with Crippen molar-refractivity contribution in [1.82, 2.24) is 5.32 Å². The quantitative estimate of drug-likeness (QED) is 0.849. The third-order valence-corrected chi connectivity index (χ3v) is 2.43. The summed E-state index contributed by atoms with van der Waals surface area (Å²) < 4.78 is 0. The zero-order valence-electron chi connectivity index (χ0n) is 10.3. The van der Waals surface area contributed by atoms with E-state index in [4.69, 9.17) is 5.73 Å². The molecule has 1 aromatic carbocycles. The SMILES string of the molecule is CC(C)CC(NC(=O)CN)c1ccccc1.Cl. The number of nitrogens with one attached hydrogen (secondary N) is 1. The van der Waals surface area contributed by atoms with E-state index < -0.39 is 0 Å². The fraction of sp³-hybridized carbons (Fsp3) is 0.462. The number of hydrogen-bond acceptors (Lipinski definition) is 2. The van der Waals surface area contributed by atoms with Gasteiger partial charge in [0.1, 0.15) is 0 Å². The monoisotopic (exact) mass is 256 g/mol. The van der Waals surface area contributed by atoms with Gasteiger partial charge in [-0.3, -0.25) is 4.79 Å². The largest absolute Gasteiger partial charge is 0.348 e. The second-order valence-corrected chi connectivity index (χ2v) is 4.36. The Kier molecular flexibility index (Phi) is 7.59. The lowest BCUT2D eigenvalue weighted by atomic mass is 9.97.